The first-order chi connectivity index (χ1) is 9.91. The lowest BCUT2D eigenvalue weighted by Gasteiger charge is -2.14. The van der Waals surface area contributed by atoms with Crippen LogP contribution < -0.4 is 0 Å². The van der Waals surface area contributed by atoms with E-state index in [0.717, 1.165) is 10.5 Å². The van der Waals surface area contributed by atoms with E-state index < -0.39 is 24.6 Å². The van der Waals surface area contributed by atoms with E-state index in [1.165, 1.54) is 7.05 Å². The summed E-state index contributed by atoms with van der Waals surface area (Å²) >= 11 is 0. The molecule has 1 rings (SSSR count). The van der Waals surface area contributed by atoms with Crippen LogP contribution in [-0.4, -0.2) is 54.8 Å². The zero-order valence-corrected chi connectivity index (χ0v) is 11.9. The van der Waals surface area contributed by atoms with Gasteiger partial charge in [0.25, 0.3) is 0 Å². The van der Waals surface area contributed by atoms with Crippen molar-refractivity contribution >= 4 is 18.0 Å². The smallest absolute Gasteiger partial charge is 0.410 e. The molecule has 1 aromatic carbocycles. The van der Waals surface area contributed by atoms with Crippen LogP contribution >= 0.6 is 0 Å². The van der Waals surface area contributed by atoms with Gasteiger partial charge in [-0.3, -0.25) is 4.79 Å². The summed E-state index contributed by atoms with van der Waals surface area (Å²) in [6.07, 6.45) is -0.788. The van der Waals surface area contributed by atoms with E-state index in [1.54, 1.807) is 25.1 Å². The number of carboxylic acids is 1. The van der Waals surface area contributed by atoms with Crippen molar-refractivity contribution in [3.05, 3.63) is 35.4 Å². The molecule has 0 spiro atoms. The molecule has 0 saturated heterocycles. The van der Waals surface area contributed by atoms with Gasteiger partial charge in [-0.15, -0.1) is 0 Å². The number of hydrogen-bond donors (Lipinski definition) is 1. The SMILES string of the molecule is Cc1ccccc1C(=O)OCCOC(=O)N(C)CC(=O)O. The number of likely N-dealkylation sites (N-methyl/N-ethyl adjacent to an activating group) is 1. The van der Waals surface area contributed by atoms with Crippen molar-refractivity contribution in [1.82, 2.24) is 4.90 Å². The second-order valence-electron chi connectivity index (χ2n) is 4.32. The van der Waals surface area contributed by atoms with E-state index >= 15 is 0 Å². The number of carbonyl (C=O) groups excluding carboxylic acids is 2. The summed E-state index contributed by atoms with van der Waals surface area (Å²) in [6.45, 7) is 1.10. The van der Waals surface area contributed by atoms with Gasteiger partial charge in [0.1, 0.15) is 19.8 Å². The molecule has 1 N–H and O–H groups in total. The van der Waals surface area contributed by atoms with Crippen molar-refractivity contribution in [3.8, 4) is 0 Å². The third kappa shape index (κ3) is 5.52. The lowest BCUT2D eigenvalue weighted by atomic mass is 10.1. The minimum absolute atomic E-state index is 0.0974. The average molecular weight is 295 g/mol. The summed E-state index contributed by atoms with van der Waals surface area (Å²) in [5.74, 6) is -1.64. The Kier molecular flexibility index (Phi) is 6.19. The van der Waals surface area contributed by atoms with Crippen LogP contribution in [-0.2, 0) is 14.3 Å². The molecule has 0 aliphatic rings. The molecule has 114 valence electrons. The second kappa shape index (κ2) is 7.88. The predicted molar refractivity (Wildman–Crippen MR) is 73.1 cm³/mol. The maximum atomic E-state index is 11.7. The number of aryl methyl sites for hydroxylation is 1. The number of rotatable bonds is 6. The number of benzene rings is 1. The topological polar surface area (TPSA) is 93.1 Å². The molecule has 0 saturated carbocycles. The maximum absolute atomic E-state index is 11.7. The number of amides is 1. The molecule has 0 bridgehead atoms. The van der Waals surface area contributed by atoms with Crippen LogP contribution in [0.15, 0.2) is 24.3 Å². The van der Waals surface area contributed by atoms with Crippen LogP contribution in [0.5, 0.6) is 0 Å². The Hall–Kier alpha value is -2.57. The molecule has 0 aromatic heterocycles. The van der Waals surface area contributed by atoms with E-state index in [9.17, 15) is 14.4 Å². The molecule has 0 atom stereocenters. The Morgan fingerprint density at radius 1 is 1.14 bits per heavy atom. The fourth-order valence-corrected chi connectivity index (χ4v) is 1.52. The lowest BCUT2D eigenvalue weighted by Crippen LogP contribution is -2.33. The standard InChI is InChI=1S/C14H17NO6/c1-10-5-3-4-6-11(10)13(18)20-7-8-21-14(19)15(2)9-12(16)17/h3-6H,7-9H2,1-2H3,(H,16,17). The fraction of sp³-hybridized carbons (Fsp3) is 0.357. The first kappa shape index (κ1) is 16.5. The quantitative estimate of drug-likeness (QED) is 0.628. The number of aliphatic carboxylic acids is 1. The van der Waals surface area contributed by atoms with Crippen molar-refractivity contribution in [1.29, 1.82) is 0 Å². The molecule has 0 aliphatic heterocycles. The molecule has 0 unspecified atom stereocenters. The lowest BCUT2D eigenvalue weighted by molar-refractivity contribution is -0.137. The van der Waals surface area contributed by atoms with Gasteiger partial charge in [0.05, 0.1) is 5.56 Å². The number of carbonyl (C=O) groups is 3. The van der Waals surface area contributed by atoms with E-state index in [4.69, 9.17) is 14.6 Å². The van der Waals surface area contributed by atoms with Crippen molar-refractivity contribution in [2.24, 2.45) is 0 Å². The zero-order chi connectivity index (χ0) is 15.8. The van der Waals surface area contributed by atoms with Gasteiger partial charge in [0.15, 0.2) is 0 Å². The van der Waals surface area contributed by atoms with Crippen LogP contribution in [0, 0.1) is 6.92 Å². The Bertz CT molecular complexity index is 528. The molecule has 0 heterocycles. The van der Waals surface area contributed by atoms with Crippen molar-refractivity contribution in [2.75, 3.05) is 26.8 Å². The Balaban J connectivity index is 2.31. The molecular weight excluding hydrogens is 278 g/mol. The van der Waals surface area contributed by atoms with Gasteiger partial charge in [-0.25, -0.2) is 9.59 Å². The molecule has 0 fully saturated rings. The molecule has 7 nitrogen and oxygen atoms in total. The zero-order valence-electron chi connectivity index (χ0n) is 11.9. The molecular formula is C14H17NO6. The summed E-state index contributed by atoms with van der Waals surface area (Å²) in [7, 11) is 1.30. The molecule has 0 radical (unpaired) electrons. The summed E-state index contributed by atoms with van der Waals surface area (Å²) in [5.41, 5.74) is 1.24. The molecule has 1 amide bonds. The number of hydrogen-bond acceptors (Lipinski definition) is 5. The first-order valence-electron chi connectivity index (χ1n) is 6.24. The second-order valence-corrected chi connectivity index (χ2v) is 4.32. The average Bonchev–Trinajstić information content (AvgIpc) is 2.42. The van der Waals surface area contributed by atoms with E-state index in [-0.39, 0.29) is 13.2 Å². The van der Waals surface area contributed by atoms with Crippen LogP contribution in [0.4, 0.5) is 4.79 Å². The van der Waals surface area contributed by atoms with Gasteiger partial charge < -0.3 is 19.5 Å². The summed E-state index contributed by atoms with van der Waals surface area (Å²) in [5, 5.41) is 8.51. The van der Waals surface area contributed by atoms with E-state index in [0.29, 0.717) is 5.56 Å². The largest absolute Gasteiger partial charge is 0.480 e. The number of carboxylic acid groups (broad SMARTS) is 1. The van der Waals surface area contributed by atoms with Crippen LogP contribution in [0.25, 0.3) is 0 Å². The summed E-state index contributed by atoms with van der Waals surface area (Å²) in [4.78, 5) is 34.4. The highest BCUT2D eigenvalue weighted by Gasteiger charge is 2.14. The van der Waals surface area contributed by atoms with Crippen molar-refractivity contribution < 1.29 is 29.0 Å². The predicted octanol–water partition coefficient (Wildman–Crippen LogP) is 1.30. The van der Waals surface area contributed by atoms with Gasteiger partial charge in [-0.1, -0.05) is 18.2 Å². The Morgan fingerprint density at radius 2 is 1.76 bits per heavy atom. The van der Waals surface area contributed by atoms with Gasteiger partial charge in [0, 0.05) is 7.05 Å². The highest BCUT2D eigenvalue weighted by Crippen LogP contribution is 2.08. The van der Waals surface area contributed by atoms with Crippen molar-refractivity contribution in [3.63, 3.8) is 0 Å². The molecule has 1 aromatic rings. The van der Waals surface area contributed by atoms with Gasteiger partial charge in [-0.2, -0.15) is 0 Å². The molecule has 21 heavy (non-hydrogen) atoms. The monoisotopic (exact) mass is 295 g/mol. The highest BCUT2D eigenvalue weighted by atomic mass is 16.6. The van der Waals surface area contributed by atoms with Gasteiger partial charge in [0.2, 0.25) is 0 Å². The summed E-state index contributed by atoms with van der Waals surface area (Å²) in [6, 6.07) is 6.97. The fourth-order valence-electron chi connectivity index (χ4n) is 1.52. The molecule has 7 heteroatoms. The first-order valence-corrected chi connectivity index (χ1v) is 6.24. The van der Waals surface area contributed by atoms with Gasteiger partial charge >= 0.3 is 18.0 Å². The van der Waals surface area contributed by atoms with Crippen LogP contribution in [0.3, 0.4) is 0 Å². The van der Waals surface area contributed by atoms with Crippen molar-refractivity contribution in [2.45, 2.75) is 6.92 Å². The number of ether oxygens (including phenoxy) is 2. The van der Waals surface area contributed by atoms with E-state index in [2.05, 4.69) is 0 Å². The third-order valence-corrected chi connectivity index (χ3v) is 2.59. The maximum Gasteiger partial charge on any atom is 0.410 e. The number of esters is 1. The minimum atomic E-state index is -1.14. The summed E-state index contributed by atoms with van der Waals surface area (Å²) < 4.78 is 9.74. The number of nitrogens with zero attached hydrogens (tertiary/aromatic N) is 1. The normalized spacial score (nSPS) is 9.81. The molecule has 0 aliphatic carbocycles. The Labute approximate surface area is 122 Å². The minimum Gasteiger partial charge on any atom is -0.480 e. The van der Waals surface area contributed by atoms with Gasteiger partial charge in [-0.05, 0) is 18.6 Å². The Morgan fingerprint density at radius 3 is 2.38 bits per heavy atom. The van der Waals surface area contributed by atoms with E-state index in [1.807, 2.05) is 6.07 Å². The van der Waals surface area contributed by atoms with Crippen LogP contribution in [0.2, 0.25) is 0 Å². The third-order valence-electron chi connectivity index (χ3n) is 2.59. The van der Waals surface area contributed by atoms with Crippen LogP contribution in [0.1, 0.15) is 15.9 Å². The highest BCUT2D eigenvalue weighted by molar-refractivity contribution is 5.90.